The molecule has 166 valence electrons. The normalized spacial score (nSPS) is 12.1. The molecule has 0 aliphatic heterocycles. The van der Waals surface area contributed by atoms with Gasteiger partial charge in [-0.05, 0) is 23.6 Å². The number of nitrogens with zero attached hydrogens (tertiary/aromatic N) is 3. The van der Waals surface area contributed by atoms with Crippen LogP contribution in [0, 0.1) is 12.8 Å². The molecule has 1 aliphatic carbocycles. The fraction of sp³-hybridized carbons (Fsp3) is 0.318. The zero-order valence-corrected chi connectivity index (χ0v) is 19.5. The van der Waals surface area contributed by atoms with Crippen molar-refractivity contribution in [1.29, 1.82) is 0 Å². The molecule has 9 heteroatoms. The van der Waals surface area contributed by atoms with Crippen molar-refractivity contribution in [3.8, 4) is 12.8 Å². The Labute approximate surface area is 192 Å². The predicted octanol–water partition coefficient (Wildman–Crippen LogP) is 4.12. The Morgan fingerprint density at radius 2 is 1.97 bits per heavy atom. The number of likely N-dealkylation sites (N-methyl/N-ethyl adjacent to an activating group) is 1. The van der Waals surface area contributed by atoms with E-state index >= 15 is 0 Å². The van der Waals surface area contributed by atoms with Crippen LogP contribution in [0.15, 0.2) is 53.6 Å². The third kappa shape index (κ3) is 10.6. The van der Waals surface area contributed by atoms with E-state index in [4.69, 9.17) is 0 Å². The van der Waals surface area contributed by atoms with Crippen LogP contribution < -0.4 is 10.6 Å². The lowest BCUT2D eigenvalue weighted by molar-refractivity contribution is -0.124. The van der Waals surface area contributed by atoms with Crippen LogP contribution in [0.2, 0.25) is 0 Å². The first-order chi connectivity index (χ1) is 15.0. The van der Waals surface area contributed by atoms with Crippen LogP contribution >= 0.6 is 23.1 Å². The van der Waals surface area contributed by atoms with E-state index in [-0.39, 0.29) is 12.5 Å². The van der Waals surface area contributed by atoms with Crippen molar-refractivity contribution >= 4 is 40.6 Å². The summed E-state index contributed by atoms with van der Waals surface area (Å²) in [7, 11) is 3.33. The summed E-state index contributed by atoms with van der Waals surface area (Å²) in [5.74, 6) is 0.999. The highest BCUT2D eigenvalue weighted by Crippen LogP contribution is 2.21. The minimum atomic E-state index is -0.208. The first kappa shape index (κ1) is 26.1. The van der Waals surface area contributed by atoms with Crippen molar-refractivity contribution in [1.82, 2.24) is 13.6 Å². The zero-order chi connectivity index (χ0) is 23.1. The van der Waals surface area contributed by atoms with Crippen molar-refractivity contribution in [2.75, 3.05) is 31.3 Å². The third-order valence-corrected chi connectivity index (χ3v) is 4.98. The monoisotopic (exact) mass is 459 g/mol. The van der Waals surface area contributed by atoms with Crippen LogP contribution in [-0.4, -0.2) is 45.4 Å². The molecule has 0 unspecified atom stereocenters. The smallest absolute Gasteiger partial charge is 0.252 e. The number of nitrogens with one attached hydrogen (secondary N) is 2. The molecule has 2 aromatic heterocycles. The van der Waals surface area contributed by atoms with E-state index < -0.39 is 0 Å². The number of aliphatic hydroxyl groups is 1. The lowest BCUT2D eigenvalue weighted by Gasteiger charge is -2.09. The molecule has 1 saturated carbocycles. The lowest BCUT2D eigenvalue weighted by Crippen LogP contribution is -2.22. The molecule has 1 fully saturated rings. The summed E-state index contributed by atoms with van der Waals surface area (Å²) in [6, 6.07) is 4.03. The second kappa shape index (κ2) is 15.0. The van der Waals surface area contributed by atoms with Crippen LogP contribution in [0.25, 0.3) is 0 Å². The van der Waals surface area contributed by atoms with Crippen LogP contribution in [0.5, 0.6) is 0 Å². The topological polar surface area (TPSA) is 90.4 Å². The maximum absolute atomic E-state index is 11.7. The molecule has 1 amide bonds. The van der Waals surface area contributed by atoms with Crippen LogP contribution in [-0.2, 0) is 11.3 Å². The number of amides is 1. The molecule has 7 nitrogen and oxygen atoms in total. The highest BCUT2D eigenvalue weighted by molar-refractivity contribution is 7.09. The van der Waals surface area contributed by atoms with E-state index in [0.29, 0.717) is 29.5 Å². The summed E-state index contributed by atoms with van der Waals surface area (Å²) in [6.07, 6.45) is 17.4. The minimum Gasteiger partial charge on any atom is -0.390 e. The van der Waals surface area contributed by atoms with Crippen LogP contribution in [0.3, 0.4) is 0 Å². The summed E-state index contributed by atoms with van der Waals surface area (Å²) in [5, 5.41) is 17.8. The number of anilines is 2. The first-order valence-electron chi connectivity index (χ1n) is 9.59. The maximum Gasteiger partial charge on any atom is 0.252 e. The molecule has 1 aliphatic rings. The number of carbonyl (C=O) groups excluding carboxylic acids is 1. The van der Waals surface area contributed by atoms with Gasteiger partial charge in [0.1, 0.15) is 0 Å². The number of hydrogen-bond donors (Lipinski definition) is 3. The van der Waals surface area contributed by atoms with E-state index in [1.54, 1.807) is 43.7 Å². The zero-order valence-electron chi connectivity index (χ0n) is 17.9. The second-order valence-corrected chi connectivity index (χ2v) is 8.07. The molecule has 0 radical (unpaired) electrons. The quantitative estimate of drug-likeness (QED) is 0.297. The van der Waals surface area contributed by atoms with Crippen molar-refractivity contribution in [3.63, 3.8) is 0 Å². The van der Waals surface area contributed by atoms with Crippen molar-refractivity contribution in [2.45, 2.75) is 25.8 Å². The number of hydrogen-bond acceptors (Lipinski definition) is 8. The van der Waals surface area contributed by atoms with Gasteiger partial charge in [0.25, 0.3) is 5.91 Å². The first-order valence-corrected chi connectivity index (χ1v) is 11.2. The van der Waals surface area contributed by atoms with Gasteiger partial charge in [-0.25, -0.2) is 0 Å². The number of carbonyl (C=O) groups is 1. The Balaban J connectivity index is 0.000000859. The van der Waals surface area contributed by atoms with Crippen LogP contribution in [0.1, 0.15) is 24.1 Å². The van der Waals surface area contributed by atoms with Gasteiger partial charge in [0.15, 0.2) is 11.6 Å². The van der Waals surface area contributed by atoms with E-state index in [1.165, 1.54) is 29.0 Å². The van der Waals surface area contributed by atoms with E-state index in [1.807, 2.05) is 17.5 Å². The number of rotatable bonds is 9. The second-order valence-electron chi connectivity index (χ2n) is 6.51. The molecule has 2 aromatic rings. The molecule has 0 bridgehead atoms. The van der Waals surface area contributed by atoms with Crippen molar-refractivity contribution in [2.24, 2.45) is 0 Å². The highest BCUT2D eigenvalue weighted by atomic mass is 32.1. The number of aromatic nitrogens is 2. The average molecular weight is 460 g/mol. The molecular formula is C22H29N5O2S2. The predicted molar refractivity (Wildman–Crippen MR) is 131 cm³/mol. The Bertz CT molecular complexity index is 878. The largest absolute Gasteiger partial charge is 0.390 e. The SMILES string of the molecule is C#C.C1CC1.C=C(/C=C\C=C(/CO)Nc1nsnc1NCc1cccs1)C(=O)N(C)C. The van der Waals surface area contributed by atoms with E-state index in [2.05, 4.69) is 38.8 Å². The molecule has 0 atom stereocenters. The molecule has 31 heavy (non-hydrogen) atoms. The van der Waals surface area contributed by atoms with Gasteiger partial charge in [-0.2, -0.15) is 8.75 Å². The van der Waals surface area contributed by atoms with Crippen LogP contribution in [0.4, 0.5) is 11.6 Å². The number of terminal acetylenes is 1. The van der Waals surface area contributed by atoms with Gasteiger partial charge >= 0.3 is 0 Å². The van der Waals surface area contributed by atoms with Gasteiger partial charge in [-0.3, -0.25) is 4.79 Å². The molecule has 3 N–H and O–H groups in total. The number of allylic oxidation sites excluding steroid dienone is 2. The van der Waals surface area contributed by atoms with Crippen molar-refractivity contribution < 1.29 is 9.90 Å². The summed E-state index contributed by atoms with van der Waals surface area (Å²) in [5.41, 5.74) is 0.885. The lowest BCUT2D eigenvalue weighted by atomic mass is 10.2. The van der Waals surface area contributed by atoms with Gasteiger partial charge in [-0.1, -0.05) is 38.0 Å². The molecule has 0 saturated heterocycles. The molecule has 0 aromatic carbocycles. The minimum absolute atomic E-state index is 0.170. The summed E-state index contributed by atoms with van der Waals surface area (Å²) in [4.78, 5) is 14.4. The van der Waals surface area contributed by atoms with E-state index in [9.17, 15) is 9.90 Å². The van der Waals surface area contributed by atoms with Gasteiger partial charge in [0, 0.05) is 30.2 Å². The highest BCUT2D eigenvalue weighted by Gasteiger charge is 2.09. The molecular weight excluding hydrogens is 430 g/mol. The Hall–Kier alpha value is -2.93. The summed E-state index contributed by atoms with van der Waals surface area (Å²) in [6.45, 7) is 4.16. The maximum atomic E-state index is 11.7. The number of thiophene rings is 1. The molecule has 3 rings (SSSR count). The van der Waals surface area contributed by atoms with Gasteiger partial charge in [0.2, 0.25) is 0 Å². The van der Waals surface area contributed by atoms with Gasteiger partial charge in [-0.15, -0.1) is 24.2 Å². The Kier molecular flexibility index (Phi) is 12.6. The molecule has 0 spiro atoms. The molecule has 2 heterocycles. The van der Waals surface area contributed by atoms with Crippen molar-refractivity contribution in [3.05, 3.63) is 58.5 Å². The Morgan fingerprint density at radius 3 is 2.52 bits per heavy atom. The fourth-order valence-electron chi connectivity index (χ4n) is 1.90. The summed E-state index contributed by atoms with van der Waals surface area (Å²) >= 11 is 2.74. The Morgan fingerprint density at radius 1 is 1.29 bits per heavy atom. The fourth-order valence-corrected chi connectivity index (χ4v) is 3.03. The average Bonchev–Trinajstić information content (AvgIpc) is 3.45. The van der Waals surface area contributed by atoms with Gasteiger partial charge < -0.3 is 20.6 Å². The van der Waals surface area contributed by atoms with E-state index in [0.717, 1.165) is 11.7 Å². The van der Waals surface area contributed by atoms with Gasteiger partial charge in [0.05, 0.1) is 24.9 Å². The summed E-state index contributed by atoms with van der Waals surface area (Å²) < 4.78 is 8.43. The third-order valence-electron chi connectivity index (χ3n) is 3.58. The standard InChI is InChI=1S/C17H21N5O2S2.C3H6.C2H2/c1-12(17(24)22(2)3)6-4-7-13(11-23)19-16-15(20-26-21-16)18-10-14-8-5-9-25-14;1-2-3-1;1-2/h4-9,23H,1,10-11H2,2-3H3,(H,18,20)(H,19,21);1-3H2;1-2H/b6-4-,13-7+;;. The number of aliphatic hydroxyl groups excluding tert-OH is 1.